The first-order valence-corrected chi connectivity index (χ1v) is 11.2. The van der Waals surface area contributed by atoms with Crippen LogP contribution in [0.25, 0.3) is 0 Å². The van der Waals surface area contributed by atoms with Gasteiger partial charge in [0.1, 0.15) is 5.75 Å². The van der Waals surface area contributed by atoms with Gasteiger partial charge in [0.25, 0.3) is 5.91 Å². The maximum absolute atomic E-state index is 12.6. The van der Waals surface area contributed by atoms with Gasteiger partial charge in [-0.2, -0.15) is 0 Å². The van der Waals surface area contributed by atoms with Gasteiger partial charge >= 0.3 is 5.97 Å². The molecule has 1 saturated heterocycles. The average Bonchev–Trinajstić information content (AvgIpc) is 2.98. The van der Waals surface area contributed by atoms with Gasteiger partial charge in [-0.05, 0) is 49.4 Å². The van der Waals surface area contributed by atoms with Crippen molar-refractivity contribution in [1.82, 2.24) is 4.90 Å². The maximum atomic E-state index is 12.6. The molecule has 8 heteroatoms. The molecule has 0 spiro atoms. The maximum Gasteiger partial charge on any atom is 0.344 e. The number of hydrogen-bond donors (Lipinski definition) is 0. The number of benzene rings is 1. The van der Waals surface area contributed by atoms with E-state index in [2.05, 4.69) is 0 Å². The molecule has 28 heavy (non-hydrogen) atoms. The molecule has 0 unspecified atom stereocenters. The Hall–Kier alpha value is -2.09. The molecule has 0 N–H and O–H groups in total. The second-order valence-corrected chi connectivity index (χ2v) is 9.92. The Morgan fingerprint density at radius 1 is 1.18 bits per heavy atom. The van der Waals surface area contributed by atoms with Gasteiger partial charge in [-0.3, -0.25) is 4.79 Å². The number of ether oxygens (including phenoxy) is 2. The molecule has 2 rings (SSSR count). The van der Waals surface area contributed by atoms with Gasteiger partial charge in [0, 0.05) is 12.6 Å². The summed E-state index contributed by atoms with van der Waals surface area (Å²) in [5.41, 5.74) is 2.18. The van der Waals surface area contributed by atoms with Crippen molar-refractivity contribution in [2.75, 3.05) is 31.3 Å². The fraction of sp³-hybridized carbons (Fsp3) is 0.600. The molecule has 0 saturated carbocycles. The number of sulfone groups is 1. The van der Waals surface area contributed by atoms with Crippen molar-refractivity contribution in [3.63, 3.8) is 0 Å². The van der Waals surface area contributed by atoms with Crippen LogP contribution in [0, 0.1) is 19.8 Å². The van der Waals surface area contributed by atoms with Crippen LogP contribution in [-0.4, -0.2) is 62.5 Å². The van der Waals surface area contributed by atoms with E-state index in [1.54, 1.807) is 6.07 Å². The molecule has 1 heterocycles. The summed E-state index contributed by atoms with van der Waals surface area (Å²) in [4.78, 5) is 26.0. The summed E-state index contributed by atoms with van der Waals surface area (Å²) >= 11 is 0. The van der Waals surface area contributed by atoms with E-state index in [4.69, 9.17) is 9.47 Å². The van der Waals surface area contributed by atoms with E-state index in [1.165, 1.54) is 4.90 Å². The lowest BCUT2D eigenvalue weighted by molar-refractivity contribution is -0.154. The number of hydrogen-bond acceptors (Lipinski definition) is 6. The van der Waals surface area contributed by atoms with Gasteiger partial charge < -0.3 is 14.4 Å². The number of nitrogens with zero attached hydrogens (tertiary/aromatic N) is 1. The van der Waals surface area contributed by atoms with E-state index in [-0.39, 0.29) is 36.0 Å². The Morgan fingerprint density at radius 3 is 2.46 bits per heavy atom. The standard InChI is InChI=1S/C20H29NO6S/c1-14(2)10-21(17-7-8-28(24,25)13-17)19(22)11-27-20(23)12-26-18-6-5-15(3)16(4)9-18/h5-6,9,14,17H,7-8,10-13H2,1-4H3/t17-/m1/s1. The lowest BCUT2D eigenvalue weighted by Gasteiger charge is -2.29. The fourth-order valence-corrected chi connectivity index (χ4v) is 4.81. The Bertz CT molecular complexity index is 818. The van der Waals surface area contributed by atoms with E-state index in [0.29, 0.717) is 18.7 Å². The number of esters is 1. The van der Waals surface area contributed by atoms with Crippen molar-refractivity contribution >= 4 is 21.7 Å². The molecule has 1 aliphatic rings. The monoisotopic (exact) mass is 411 g/mol. The Labute approximate surface area is 166 Å². The van der Waals surface area contributed by atoms with Gasteiger partial charge in [-0.25, -0.2) is 13.2 Å². The lowest BCUT2D eigenvalue weighted by atomic mass is 10.1. The molecule has 1 aromatic carbocycles. The smallest absolute Gasteiger partial charge is 0.344 e. The highest BCUT2D eigenvalue weighted by Crippen LogP contribution is 2.19. The molecule has 1 aliphatic heterocycles. The highest BCUT2D eigenvalue weighted by atomic mass is 32.2. The van der Waals surface area contributed by atoms with E-state index in [0.717, 1.165) is 11.1 Å². The second-order valence-electron chi connectivity index (χ2n) is 7.69. The van der Waals surface area contributed by atoms with Crippen LogP contribution in [0.1, 0.15) is 31.4 Å². The average molecular weight is 412 g/mol. The van der Waals surface area contributed by atoms with Crippen LogP contribution in [0.4, 0.5) is 0 Å². The molecular weight excluding hydrogens is 382 g/mol. The summed E-state index contributed by atoms with van der Waals surface area (Å²) in [5, 5.41) is 0. The molecule has 0 aliphatic carbocycles. The number of amides is 1. The third-order valence-electron chi connectivity index (χ3n) is 4.72. The molecule has 1 aromatic rings. The summed E-state index contributed by atoms with van der Waals surface area (Å²) < 4.78 is 33.9. The summed E-state index contributed by atoms with van der Waals surface area (Å²) in [6, 6.07) is 5.15. The van der Waals surface area contributed by atoms with Gasteiger partial charge in [0.15, 0.2) is 23.1 Å². The number of carbonyl (C=O) groups excluding carboxylic acids is 2. The van der Waals surface area contributed by atoms with Crippen molar-refractivity contribution < 1.29 is 27.5 Å². The predicted octanol–water partition coefficient (Wildman–Crippen LogP) is 1.90. The van der Waals surface area contributed by atoms with Crippen molar-refractivity contribution in [3.8, 4) is 5.75 Å². The Morgan fingerprint density at radius 2 is 1.89 bits per heavy atom. The normalized spacial score (nSPS) is 18.1. The van der Waals surface area contributed by atoms with Crippen LogP contribution in [-0.2, 0) is 24.2 Å². The first-order chi connectivity index (χ1) is 13.1. The summed E-state index contributed by atoms with van der Waals surface area (Å²) in [5.74, 6) is -0.233. The third kappa shape index (κ3) is 6.51. The van der Waals surface area contributed by atoms with Gasteiger partial charge in [-0.15, -0.1) is 0 Å². The topological polar surface area (TPSA) is 90.0 Å². The van der Waals surface area contributed by atoms with Crippen LogP contribution >= 0.6 is 0 Å². The number of rotatable bonds is 8. The van der Waals surface area contributed by atoms with E-state index < -0.39 is 22.4 Å². The minimum atomic E-state index is -3.11. The zero-order valence-electron chi connectivity index (χ0n) is 16.9. The van der Waals surface area contributed by atoms with Crippen LogP contribution in [0.15, 0.2) is 18.2 Å². The van der Waals surface area contributed by atoms with Gasteiger partial charge in [0.2, 0.25) is 0 Å². The summed E-state index contributed by atoms with van der Waals surface area (Å²) in [6.45, 7) is 7.55. The molecule has 1 fully saturated rings. The molecule has 0 aromatic heterocycles. The summed E-state index contributed by atoms with van der Waals surface area (Å²) in [6.07, 6.45) is 0.421. The van der Waals surface area contributed by atoms with Crippen LogP contribution < -0.4 is 4.74 Å². The lowest BCUT2D eigenvalue weighted by Crippen LogP contribution is -2.45. The molecule has 7 nitrogen and oxygen atoms in total. The Kier molecular flexibility index (Phi) is 7.46. The molecule has 1 atom stereocenters. The minimum absolute atomic E-state index is 0.0324. The molecule has 1 amide bonds. The highest BCUT2D eigenvalue weighted by molar-refractivity contribution is 7.91. The van der Waals surface area contributed by atoms with Crippen LogP contribution in [0.3, 0.4) is 0 Å². The van der Waals surface area contributed by atoms with Crippen LogP contribution in [0.2, 0.25) is 0 Å². The minimum Gasteiger partial charge on any atom is -0.482 e. The molecular formula is C20H29NO6S. The molecule has 0 radical (unpaired) electrons. The van der Waals surface area contributed by atoms with Crippen LogP contribution in [0.5, 0.6) is 5.75 Å². The fourth-order valence-electron chi connectivity index (χ4n) is 3.08. The van der Waals surface area contributed by atoms with Gasteiger partial charge in [0.05, 0.1) is 11.5 Å². The Balaban J connectivity index is 1.86. The number of carbonyl (C=O) groups is 2. The van der Waals surface area contributed by atoms with Gasteiger partial charge in [-0.1, -0.05) is 19.9 Å². The highest BCUT2D eigenvalue weighted by Gasteiger charge is 2.35. The van der Waals surface area contributed by atoms with E-state index in [9.17, 15) is 18.0 Å². The largest absolute Gasteiger partial charge is 0.482 e. The second kappa shape index (κ2) is 9.41. The van der Waals surface area contributed by atoms with Crippen molar-refractivity contribution in [2.45, 2.75) is 40.2 Å². The first-order valence-electron chi connectivity index (χ1n) is 9.43. The van der Waals surface area contributed by atoms with Crippen molar-refractivity contribution in [1.29, 1.82) is 0 Å². The zero-order chi connectivity index (χ0) is 20.9. The zero-order valence-corrected chi connectivity index (χ0v) is 17.8. The predicted molar refractivity (Wildman–Crippen MR) is 106 cm³/mol. The molecule has 0 bridgehead atoms. The summed E-state index contributed by atoms with van der Waals surface area (Å²) in [7, 11) is -3.11. The SMILES string of the molecule is Cc1ccc(OCC(=O)OCC(=O)N(CC(C)C)[C@@H]2CCS(=O)(=O)C2)cc1C. The number of aryl methyl sites for hydroxylation is 2. The van der Waals surface area contributed by atoms with Crippen molar-refractivity contribution in [3.05, 3.63) is 29.3 Å². The molecule has 156 valence electrons. The van der Waals surface area contributed by atoms with E-state index in [1.807, 2.05) is 39.8 Å². The van der Waals surface area contributed by atoms with E-state index >= 15 is 0 Å². The van der Waals surface area contributed by atoms with Crippen molar-refractivity contribution in [2.24, 2.45) is 5.92 Å². The quantitative estimate of drug-likeness (QED) is 0.607. The first kappa shape index (κ1) is 22.2. The third-order valence-corrected chi connectivity index (χ3v) is 6.47.